The van der Waals surface area contributed by atoms with Crippen LogP contribution in [-0.2, 0) is 11.2 Å². The van der Waals surface area contributed by atoms with Gasteiger partial charge in [-0.3, -0.25) is 0 Å². The summed E-state index contributed by atoms with van der Waals surface area (Å²) in [6.07, 6.45) is 2.26. The molecule has 0 radical (unpaired) electrons. The zero-order valence-corrected chi connectivity index (χ0v) is 17.3. The second kappa shape index (κ2) is 8.55. The Bertz CT molecular complexity index is 936. The highest BCUT2D eigenvalue weighted by Crippen LogP contribution is 2.41. The first-order chi connectivity index (χ1) is 13.3. The van der Waals surface area contributed by atoms with E-state index in [0.717, 1.165) is 28.8 Å². The summed E-state index contributed by atoms with van der Waals surface area (Å²) in [4.78, 5) is 24.5. The molecule has 0 saturated carbocycles. The molecule has 9 heteroatoms. The molecule has 0 spiro atoms. The number of rotatable bonds is 6. The number of fused-ring (bicyclic) bond motifs is 1. The van der Waals surface area contributed by atoms with Crippen LogP contribution in [0.15, 0.2) is 30.3 Å². The number of hydrogen-bond donors (Lipinski definition) is 1. The molecule has 0 aliphatic heterocycles. The number of aliphatic carboxylic acids is 1. The molecule has 1 atom stereocenters. The zero-order chi connectivity index (χ0) is 20.4. The molecule has 2 aromatic carbocycles. The highest BCUT2D eigenvalue weighted by Gasteiger charge is 2.35. The van der Waals surface area contributed by atoms with Gasteiger partial charge in [0.25, 0.3) is 0 Å². The summed E-state index contributed by atoms with van der Waals surface area (Å²) in [5, 5.41) is 11.6. The number of halogens is 3. The lowest BCUT2D eigenvalue weighted by molar-refractivity contribution is -0.646. The molecule has 0 amide bonds. The number of nitroso groups, excluding NO2 is 1. The van der Waals surface area contributed by atoms with Gasteiger partial charge in [0.2, 0.25) is 0 Å². The van der Waals surface area contributed by atoms with Crippen molar-refractivity contribution in [2.45, 2.75) is 25.3 Å². The second-order valence-corrected chi connectivity index (χ2v) is 7.78. The molecule has 3 rings (SSSR count). The zero-order valence-electron chi connectivity index (χ0n) is 15.0. The average Bonchev–Trinajstić information content (AvgIpc) is 2.64. The van der Waals surface area contributed by atoms with Crippen LogP contribution in [0.3, 0.4) is 0 Å². The molecule has 1 aliphatic rings. The number of hydrazine groups is 1. The van der Waals surface area contributed by atoms with E-state index in [9.17, 15) is 9.70 Å². The Morgan fingerprint density at radius 2 is 2.00 bits per heavy atom. The van der Waals surface area contributed by atoms with Gasteiger partial charge in [0.15, 0.2) is 11.5 Å². The number of carboxylic acid groups (broad SMARTS) is 1. The highest BCUT2D eigenvalue weighted by molar-refractivity contribution is 6.35. The molecule has 2 aromatic rings. The number of ether oxygens (including phenoxy) is 1. The van der Waals surface area contributed by atoms with Crippen LogP contribution in [0.4, 0.5) is 5.69 Å². The van der Waals surface area contributed by atoms with Crippen LogP contribution in [0.25, 0.3) is 0 Å². The third-order valence-electron chi connectivity index (χ3n) is 4.68. The molecule has 6 nitrogen and oxygen atoms in total. The number of benzene rings is 2. The lowest BCUT2D eigenvalue weighted by Gasteiger charge is -2.29. The molecular weight excluding hydrogens is 427 g/mol. The van der Waals surface area contributed by atoms with E-state index in [2.05, 4.69) is 0 Å². The van der Waals surface area contributed by atoms with E-state index < -0.39 is 12.6 Å². The monoisotopic (exact) mass is 443 g/mol. The quantitative estimate of drug-likeness (QED) is 0.474. The number of carboxylic acids is 1. The summed E-state index contributed by atoms with van der Waals surface area (Å²) >= 11 is 18.3. The number of hydrogen-bond acceptors (Lipinski definition) is 3. The third-order valence-corrected chi connectivity index (χ3v) is 5.43. The van der Waals surface area contributed by atoms with Crippen LogP contribution >= 0.6 is 34.8 Å². The Balaban J connectivity index is 1.94. The van der Waals surface area contributed by atoms with Crippen LogP contribution in [0.1, 0.15) is 30.0 Å². The molecule has 0 saturated heterocycles. The number of nitrogens with zero attached hydrogens (tertiary/aromatic N) is 2. The van der Waals surface area contributed by atoms with Gasteiger partial charge in [0.05, 0.1) is 12.0 Å². The van der Waals surface area contributed by atoms with E-state index in [1.807, 2.05) is 0 Å². The molecular formula is C19H18Cl3N2O4+. The molecule has 1 N–H and O–H groups in total. The minimum absolute atomic E-state index is 0.252. The van der Waals surface area contributed by atoms with Crippen LogP contribution in [0.2, 0.25) is 15.1 Å². The molecule has 0 aromatic heterocycles. The van der Waals surface area contributed by atoms with Crippen molar-refractivity contribution in [3.05, 3.63) is 61.4 Å². The van der Waals surface area contributed by atoms with Crippen molar-refractivity contribution in [1.82, 2.24) is 5.01 Å². The lowest BCUT2D eigenvalue weighted by atomic mass is 9.87. The minimum Gasteiger partial charge on any atom is -0.482 e. The SMILES string of the molecule is CN(C1CCCc2c(OCC(=O)O)cc(Cl)cc21)[N+](=O)c1ccc(Cl)cc1Cl. The summed E-state index contributed by atoms with van der Waals surface area (Å²) in [5.74, 6) is -0.633. The molecule has 28 heavy (non-hydrogen) atoms. The topological polar surface area (TPSA) is 69.8 Å². The number of carbonyl (C=O) groups is 1. The lowest BCUT2D eigenvalue weighted by Crippen LogP contribution is -2.33. The molecule has 0 heterocycles. The summed E-state index contributed by atoms with van der Waals surface area (Å²) in [5.41, 5.74) is 1.99. The van der Waals surface area contributed by atoms with E-state index in [1.54, 1.807) is 36.3 Å². The maximum Gasteiger partial charge on any atom is 0.341 e. The van der Waals surface area contributed by atoms with Crippen molar-refractivity contribution in [3.8, 4) is 5.75 Å². The van der Waals surface area contributed by atoms with E-state index in [-0.39, 0.29) is 16.8 Å². The van der Waals surface area contributed by atoms with E-state index in [1.165, 1.54) is 6.07 Å². The van der Waals surface area contributed by atoms with Crippen molar-refractivity contribution >= 4 is 46.5 Å². The third kappa shape index (κ3) is 4.35. The van der Waals surface area contributed by atoms with E-state index >= 15 is 0 Å². The predicted octanol–water partition coefficient (Wildman–Crippen LogP) is 5.45. The predicted molar refractivity (Wildman–Crippen MR) is 108 cm³/mol. The molecule has 1 aliphatic carbocycles. The first-order valence-corrected chi connectivity index (χ1v) is 9.73. The fourth-order valence-electron chi connectivity index (χ4n) is 3.41. The van der Waals surface area contributed by atoms with Gasteiger partial charge in [0, 0.05) is 16.1 Å². The fraction of sp³-hybridized carbons (Fsp3) is 0.316. The largest absolute Gasteiger partial charge is 0.482 e. The average molecular weight is 445 g/mol. The van der Waals surface area contributed by atoms with Gasteiger partial charge >= 0.3 is 11.7 Å². The van der Waals surface area contributed by atoms with Gasteiger partial charge in [-0.2, -0.15) is 0 Å². The van der Waals surface area contributed by atoms with Gasteiger partial charge in [-0.05, 0) is 54.7 Å². The molecule has 0 fully saturated rings. The normalized spacial score (nSPS) is 15.6. The van der Waals surface area contributed by atoms with Gasteiger partial charge in [-0.25, -0.2) is 4.79 Å². The van der Waals surface area contributed by atoms with Crippen molar-refractivity contribution < 1.29 is 19.5 Å². The van der Waals surface area contributed by atoms with Crippen LogP contribution in [0, 0.1) is 4.91 Å². The van der Waals surface area contributed by atoms with Crippen molar-refractivity contribution in [3.63, 3.8) is 0 Å². The minimum atomic E-state index is -1.07. The van der Waals surface area contributed by atoms with Crippen LogP contribution < -0.4 is 4.74 Å². The maximum absolute atomic E-state index is 12.9. The Hall–Kier alpha value is -2.02. The maximum atomic E-state index is 12.9. The van der Waals surface area contributed by atoms with Crippen LogP contribution in [-0.4, -0.2) is 34.6 Å². The van der Waals surface area contributed by atoms with Gasteiger partial charge in [-0.1, -0.05) is 34.8 Å². The first kappa shape index (κ1) is 20.7. The summed E-state index contributed by atoms with van der Waals surface area (Å²) < 4.78 is 5.42. The van der Waals surface area contributed by atoms with Crippen molar-refractivity contribution in [1.29, 1.82) is 0 Å². The highest BCUT2D eigenvalue weighted by atomic mass is 35.5. The van der Waals surface area contributed by atoms with Gasteiger partial charge in [0.1, 0.15) is 16.8 Å². The summed E-state index contributed by atoms with van der Waals surface area (Å²) in [7, 11) is 1.68. The summed E-state index contributed by atoms with van der Waals surface area (Å²) in [6, 6.07) is 7.82. The summed E-state index contributed by atoms with van der Waals surface area (Å²) in [6.45, 7) is -0.457. The van der Waals surface area contributed by atoms with E-state index in [0.29, 0.717) is 22.2 Å². The molecule has 0 bridgehead atoms. The first-order valence-electron chi connectivity index (χ1n) is 8.60. The smallest absolute Gasteiger partial charge is 0.341 e. The Morgan fingerprint density at radius 1 is 1.25 bits per heavy atom. The van der Waals surface area contributed by atoms with Crippen LogP contribution in [0.5, 0.6) is 5.75 Å². The van der Waals surface area contributed by atoms with Crippen molar-refractivity contribution in [2.75, 3.05) is 13.7 Å². The fourth-order valence-corrected chi connectivity index (χ4v) is 4.11. The van der Waals surface area contributed by atoms with Gasteiger partial charge < -0.3 is 9.84 Å². The van der Waals surface area contributed by atoms with Gasteiger partial charge in [-0.15, -0.1) is 5.01 Å². The second-order valence-electron chi connectivity index (χ2n) is 6.50. The molecule has 1 unspecified atom stereocenters. The standard InChI is InChI=1S/C19H17Cl3N2O4/c1-23(24(27)17-6-5-11(20)8-15(17)22)16-4-2-3-13-14(16)7-12(21)9-18(13)28-10-19(25)26/h5-9,16H,2-4,10H2,1H3/p+1. The molecule has 148 valence electrons. The van der Waals surface area contributed by atoms with Crippen molar-refractivity contribution in [2.24, 2.45) is 0 Å². The Kier molecular flexibility index (Phi) is 6.33. The Labute approximate surface area is 177 Å². The Morgan fingerprint density at radius 3 is 2.68 bits per heavy atom. The van der Waals surface area contributed by atoms with E-state index in [4.69, 9.17) is 44.6 Å².